The average molecular weight is 875 g/mol. The molecule has 61 heavy (non-hydrogen) atoms. The molecule has 0 aromatic heterocycles. The molecule has 19 nitrogen and oxygen atoms in total. The second-order valence-corrected chi connectivity index (χ2v) is 15.3. The van der Waals surface area contributed by atoms with Gasteiger partial charge in [0.1, 0.15) is 39.6 Å². The van der Waals surface area contributed by atoms with Crippen molar-refractivity contribution in [2.75, 3.05) is 78.9 Å². The Morgan fingerprint density at radius 3 is 1.20 bits per heavy atom. The van der Waals surface area contributed by atoms with Crippen molar-refractivity contribution in [2.24, 2.45) is 35.0 Å². The largest absolute Gasteiger partial charge is 0.550 e. The Morgan fingerprint density at radius 1 is 0.508 bits per heavy atom. The molecule has 0 aliphatic rings. The molecule has 5 unspecified atom stereocenters. The second-order valence-electron chi connectivity index (χ2n) is 15.3. The number of esters is 6. The summed E-state index contributed by atoms with van der Waals surface area (Å²) in [6, 6.07) is 0. The maximum atomic E-state index is 12.7. The average Bonchev–Trinajstić information content (AvgIpc) is 3.24. The summed E-state index contributed by atoms with van der Waals surface area (Å²) in [5.74, 6) is -8.61. The maximum absolute atomic E-state index is 12.7. The van der Waals surface area contributed by atoms with Gasteiger partial charge in [0.15, 0.2) is 0 Å². The van der Waals surface area contributed by atoms with Crippen molar-refractivity contribution in [1.82, 2.24) is 16.0 Å². The van der Waals surface area contributed by atoms with Crippen LogP contribution in [0.2, 0.25) is 0 Å². The molecule has 0 fully saturated rings. The van der Waals surface area contributed by atoms with Gasteiger partial charge in [-0.05, 0) is 44.4 Å². The quantitative estimate of drug-likeness (QED) is 0.0392. The maximum Gasteiger partial charge on any atom is 0.308 e. The van der Waals surface area contributed by atoms with Crippen molar-refractivity contribution in [3.05, 3.63) is 0 Å². The molecule has 0 aliphatic heterocycles. The lowest BCUT2D eigenvalue weighted by Crippen LogP contribution is -2.39. The van der Waals surface area contributed by atoms with Crippen molar-refractivity contribution >= 4 is 47.8 Å². The molecule has 0 amide bonds. The highest BCUT2D eigenvalue weighted by Crippen LogP contribution is 2.26. The summed E-state index contributed by atoms with van der Waals surface area (Å²) >= 11 is 0. The second kappa shape index (κ2) is 33.3. The number of hydrogen-bond acceptors (Lipinski definition) is 18. The number of nitrogens with one attached hydrogen (secondary N) is 3. The van der Waals surface area contributed by atoms with E-state index in [1.54, 1.807) is 27.7 Å². The van der Waals surface area contributed by atoms with Crippen LogP contribution < -0.4 is 21.1 Å². The zero-order chi connectivity index (χ0) is 46.2. The fourth-order valence-corrected chi connectivity index (χ4v) is 5.30. The number of carbonyl (C=O) groups excluding carboxylic acids is 7. The fourth-order valence-electron chi connectivity index (χ4n) is 5.30. The Morgan fingerprint density at radius 2 is 0.885 bits per heavy atom. The smallest absolute Gasteiger partial charge is 0.308 e. The van der Waals surface area contributed by atoms with Crippen LogP contribution in [0, 0.1) is 35.0 Å². The zero-order valence-electron chi connectivity index (χ0n) is 37.3. The molecule has 0 heterocycles. The minimum atomic E-state index is -1.37. The van der Waals surface area contributed by atoms with Crippen molar-refractivity contribution in [3.8, 4) is 0 Å². The topological polar surface area (TPSA) is 271 Å². The van der Waals surface area contributed by atoms with E-state index in [1.807, 2.05) is 13.8 Å². The monoisotopic (exact) mass is 874 g/mol. The van der Waals surface area contributed by atoms with E-state index < -0.39 is 59.0 Å². The van der Waals surface area contributed by atoms with Crippen LogP contribution in [-0.2, 0) is 66.8 Å². The van der Waals surface area contributed by atoms with Gasteiger partial charge in [-0.25, -0.2) is 0 Å². The molecule has 0 aromatic rings. The normalized spacial score (nSPS) is 14.5. The van der Waals surface area contributed by atoms with Gasteiger partial charge >= 0.3 is 41.8 Å². The Hall–Kier alpha value is -4.36. The molecule has 352 valence electrons. The van der Waals surface area contributed by atoms with Gasteiger partial charge in [-0.1, -0.05) is 48.5 Å². The first-order valence-corrected chi connectivity index (χ1v) is 21.5. The van der Waals surface area contributed by atoms with Crippen LogP contribution in [0.5, 0.6) is 0 Å². The highest BCUT2D eigenvalue weighted by molar-refractivity contribution is 5.76. The van der Waals surface area contributed by atoms with Crippen molar-refractivity contribution in [2.45, 2.75) is 106 Å². The van der Waals surface area contributed by atoms with Crippen LogP contribution in [0.1, 0.15) is 106 Å². The lowest BCUT2D eigenvalue weighted by molar-refractivity contribution is -0.311. The van der Waals surface area contributed by atoms with Crippen LogP contribution in [0.15, 0.2) is 0 Å². The van der Waals surface area contributed by atoms with Crippen molar-refractivity contribution in [1.29, 1.82) is 0 Å². The third-order valence-electron chi connectivity index (χ3n) is 10.3. The van der Waals surface area contributed by atoms with E-state index in [4.69, 9.17) is 28.4 Å². The summed E-state index contributed by atoms with van der Waals surface area (Å²) in [5, 5.41) is 29.6. The number of hydrogen-bond donors (Lipinski definition) is 4. The molecular formula is C42H72N3O16-. The Kier molecular flexibility index (Phi) is 30.9. The van der Waals surface area contributed by atoms with Gasteiger partial charge in [0.05, 0.1) is 48.3 Å². The third kappa shape index (κ3) is 26.6. The van der Waals surface area contributed by atoms with Crippen LogP contribution in [0.4, 0.5) is 0 Å². The molecule has 0 saturated carbocycles. The molecular weight excluding hydrogens is 802 g/mol. The number of aliphatic carboxylic acids is 2. The van der Waals surface area contributed by atoms with Gasteiger partial charge in [-0.2, -0.15) is 0 Å². The molecule has 0 rings (SSSR count). The first kappa shape index (κ1) is 56.6. The summed E-state index contributed by atoms with van der Waals surface area (Å²) in [6.07, 6.45) is 1.63. The van der Waals surface area contributed by atoms with Crippen molar-refractivity contribution < 1.29 is 77.0 Å². The number of carboxylic acids is 2. The minimum absolute atomic E-state index is 0.00391. The van der Waals surface area contributed by atoms with Gasteiger partial charge in [-0.3, -0.25) is 33.6 Å². The molecule has 0 radical (unpaired) electrons. The molecule has 0 bridgehead atoms. The molecule has 0 aromatic carbocycles. The summed E-state index contributed by atoms with van der Waals surface area (Å²) in [7, 11) is 0. The van der Waals surface area contributed by atoms with E-state index in [2.05, 4.69) is 16.0 Å². The predicted molar refractivity (Wildman–Crippen MR) is 218 cm³/mol. The molecule has 0 saturated heterocycles. The van der Waals surface area contributed by atoms with Crippen LogP contribution in [-0.4, -0.2) is 132 Å². The molecule has 4 N–H and O–H groups in total. The van der Waals surface area contributed by atoms with Gasteiger partial charge in [0, 0.05) is 45.2 Å². The Balaban J connectivity index is 5.06. The van der Waals surface area contributed by atoms with E-state index in [0.29, 0.717) is 38.8 Å². The summed E-state index contributed by atoms with van der Waals surface area (Å²) in [5.41, 5.74) is -1.06. The number of rotatable bonds is 37. The minimum Gasteiger partial charge on any atom is -0.550 e. The highest BCUT2D eigenvalue weighted by Gasteiger charge is 2.34. The third-order valence-corrected chi connectivity index (χ3v) is 10.3. The first-order chi connectivity index (χ1) is 28.9. The highest BCUT2D eigenvalue weighted by atomic mass is 16.6. The van der Waals surface area contributed by atoms with Gasteiger partial charge in [0.2, 0.25) is 0 Å². The van der Waals surface area contributed by atoms with E-state index in [0.717, 1.165) is 0 Å². The standard InChI is InChI=1S/C42H73N3O16/c1-8-29(5)39(53)56-21-18-43-15-12-34(46)59-26-42(11-4,27-60-35(47)13-16-44-19-22-57-40(54)30(6)9-2)28-61-36(48)14-17-45-20-23-58-41(55)32(10-3)25-33(38(51)52)24-31(7)37(49)50/h29-33,43-45H,8-28H2,1-7H3,(H,49,50)(H,51,52)/p-1. The van der Waals surface area contributed by atoms with Crippen LogP contribution >= 0.6 is 0 Å². The van der Waals surface area contributed by atoms with Gasteiger partial charge in [0.25, 0.3) is 0 Å². The number of carbonyl (C=O) groups is 8. The summed E-state index contributed by atoms with van der Waals surface area (Å²) < 4.78 is 32.3. The van der Waals surface area contributed by atoms with Crippen LogP contribution in [0.3, 0.4) is 0 Å². The van der Waals surface area contributed by atoms with E-state index >= 15 is 0 Å². The lowest BCUT2D eigenvalue weighted by Gasteiger charge is -2.31. The number of carboxylic acid groups (broad SMARTS) is 2. The fraction of sp³-hybridized carbons (Fsp3) is 0.810. The number of ether oxygens (including phenoxy) is 6. The Bertz CT molecular complexity index is 1300. The van der Waals surface area contributed by atoms with Gasteiger partial charge < -0.3 is 59.4 Å². The molecule has 0 spiro atoms. The van der Waals surface area contributed by atoms with E-state index in [9.17, 15) is 48.6 Å². The molecule has 0 aliphatic carbocycles. The summed E-state index contributed by atoms with van der Waals surface area (Å²) in [6.45, 7) is 13.4. The zero-order valence-corrected chi connectivity index (χ0v) is 37.3. The Labute approximate surface area is 360 Å². The van der Waals surface area contributed by atoms with Crippen LogP contribution in [0.25, 0.3) is 0 Å². The van der Waals surface area contributed by atoms with E-state index in [1.165, 1.54) is 6.92 Å². The SMILES string of the molecule is CCC(C)C(=O)OCCNCCC(=O)OCC(CC)(COC(=O)CCNCCOC(=O)C(C)CC)COC(=O)CCNCCOC(=O)C(CC)CC(CC(C)C(=O)[O-])C(=O)O. The molecule has 19 heteroatoms. The van der Waals surface area contributed by atoms with Crippen molar-refractivity contribution in [3.63, 3.8) is 0 Å². The predicted octanol–water partition coefficient (Wildman–Crippen LogP) is 1.57. The van der Waals surface area contributed by atoms with E-state index in [-0.39, 0.29) is 122 Å². The van der Waals surface area contributed by atoms with Gasteiger partial charge in [-0.15, -0.1) is 0 Å². The summed E-state index contributed by atoms with van der Waals surface area (Å²) in [4.78, 5) is 97.0. The first-order valence-electron chi connectivity index (χ1n) is 21.5. The lowest BCUT2D eigenvalue weighted by atomic mass is 9.86. The molecule has 5 atom stereocenters.